The average Bonchev–Trinajstić information content (AvgIpc) is 1.17. The SMILES string of the molecule is C=CCN1[C@@H]2c3c(cc(C)c(OC)c3O)C[C@H]1[C@H](C#N)N1C2[C@@H]2SC[C@]3(NCCc4cc(OC(=O)OC(C)(C)C)c(OC)cc43)C(=O)OC[C@H]1c1c3c(c(C)c(O)c12)OCO3.C=CCN1[C@@H]2c3c(cc(C)c(OC)c3O)C[C@H]1[C@H](C#N)N1C2[C@@H]2SC[C@]3(NCCc4cc(OC(=O)OC(C)(C)C)c(OC)cc43)C(=O)OC[C@H]1c1c3c(c(C)c(OC(=O)CCCCCCC)c12)OCO3.CCCCCCCCCC(=O)O. The largest absolute Gasteiger partial charge is 0.514 e. The molecular formula is C108H134N8O25S2. The summed E-state index contributed by atoms with van der Waals surface area (Å²) >= 11 is 2.92. The number of aryl methyl sites for hydroxylation is 2. The minimum Gasteiger partial charge on any atom is -0.507 e. The lowest BCUT2D eigenvalue weighted by Gasteiger charge is -2.62. The van der Waals surface area contributed by atoms with Gasteiger partial charge in [0.15, 0.2) is 80.1 Å². The van der Waals surface area contributed by atoms with E-state index in [0.29, 0.717) is 161 Å². The number of phenolic OH excluding ortho intramolecular Hbond substituents is 3. The van der Waals surface area contributed by atoms with Gasteiger partial charge in [-0.2, -0.15) is 10.5 Å². The second-order valence-corrected chi connectivity index (χ2v) is 42.9. The Kier molecular flexibility index (Phi) is 31.4. The summed E-state index contributed by atoms with van der Waals surface area (Å²) in [5.41, 5.74) is 6.51. The Morgan fingerprint density at radius 3 is 1.33 bits per heavy atom. The summed E-state index contributed by atoms with van der Waals surface area (Å²) in [6.07, 6.45) is 17.3. The van der Waals surface area contributed by atoms with E-state index in [1.165, 1.54) is 84.1 Å². The van der Waals surface area contributed by atoms with Crippen LogP contribution in [0.5, 0.6) is 80.5 Å². The van der Waals surface area contributed by atoms with Gasteiger partial charge in [-0.25, -0.2) is 19.2 Å². The highest BCUT2D eigenvalue weighted by molar-refractivity contribution is 7.99. The number of nitrogens with zero attached hydrogens (tertiary/aromatic N) is 6. The summed E-state index contributed by atoms with van der Waals surface area (Å²) in [7, 11) is 5.99. The third-order valence-corrected chi connectivity index (χ3v) is 32.5. The third kappa shape index (κ3) is 19.5. The molecule has 6 aromatic carbocycles. The summed E-state index contributed by atoms with van der Waals surface area (Å²) in [6, 6.07) is 10.2. The number of unbranched alkanes of at least 4 members (excludes halogenated alkanes) is 10. The minimum absolute atomic E-state index is 0.0161. The van der Waals surface area contributed by atoms with Crippen LogP contribution < -0.4 is 62.7 Å². The Hall–Kier alpha value is -11.5. The fourth-order valence-corrected chi connectivity index (χ4v) is 27.0. The maximum absolute atomic E-state index is 15.3. The number of rotatable bonds is 25. The summed E-state index contributed by atoms with van der Waals surface area (Å²) in [4.78, 5) is 89.2. The molecule has 0 aromatic heterocycles. The van der Waals surface area contributed by atoms with Crippen molar-refractivity contribution in [1.82, 2.24) is 30.2 Å². The number of carboxylic acid groups (broad SMARTS) is 1. The lowest BCUT2D eigenvalue weighted by Crippen LogP contribution is -2.70. The van der Waals surface area contributed by atoms with Gasteiger partial charge >= 0.3 is 36.2 Å². The molecule has 143 heavy (non-hydrogen) atoms. The van der Waals surface area contributed by atoms with Gasteiger partial charge < -0.3 is 91.5 Å². The molecule has 35 heteroatoms. The highest BCUT2D eigenvalue weighted by atomic mass is 32.2. The van der Waals surface area contributed by atoms with Crippen LogP contribution in [0.25, 0.3) is 0 Å². The fourth-order valence-electron chi connectivity index (χ4n) is 23.6. The number of ether oxygens (including phenoxy) is 15. The van der Waals surface area contributed by atoms with Gasteiger partial charge in [0.2, 0.25) is 13.6 Å². The Morgan fingerprint density at radius 2 is 0.916 bits per heavy atom. The Balaban J connectivity index is 0.000000185. The number of hydrogen-bond acceptors (Lipinski definition) is 34. The summed E-state index contributed by atoms with van der Waals surface area (Å²) < 4.78 is 90.0. The lowest BCUT2D eigenvalue weighted by atomic mass is 9.71. The van der Waals surface area contributed by atoms with Crippen LogP contribution in [0.15, 0.2) is 61.7 Å². The second-order valence-electron chi connectivity index (χ2n) is 40.6. The predicted molar refractivity (Wildman–Crippen MR) is 533 cm³/mol. The molecule has 14 atom stereocenters. The first-order chi connectivity index (χ1) is 68.5. The van der Waals surface area contributed by atoms with Gasteiger partial charge in [-0.05, 0) is 177 Å². The number of fused-ring (bicyclic) bond motifs is 18. The molecule has 20 rings (SSSR count). The van der Waals surface area contributed by atoms with Crippen LogP contribution in [0.3, 0.4) is 0 Å². The smallest absolute Gasteiger partial charge is 0.507 e. The van der Waals surface area contributed by atoms with Crippen molar-refractivity contribution in [3.63, 3.8) is 0 Å². The van der Waals surface area contributed by atoms with Gasteiger partial charge in [-0.15, -0.1) is 36.7 Å². The average molecular weight is 2010 g/mol. The van der Waals surface area contributed by atoms with E-state index in [1.807, 2.05) is 45.1 Å². The standard InChI is InChI=1S/C53H64N4O12S.C45H50N4O11S.C10H20O2/c1-10-12-13-14-15-16-38(58)68-46-29(4)47-48(66-27-65-47)40-35-25-64-50(60)53(32-23-36(62-8)37(22-30(32)17-18-55-53)67-51(61)69-52(5,6)7)26-70-49(41(40)46)43-42-39-31(20-28(3)45(63-9)44(39)59)21-33(56(42)19-11-2)34(24-54)57(35)43;1-9-12-48-26-14-24-13-21(2)38(55-8)37(51)31(24)34(48)35-41-33-32(40-39(57-20-58-40)22(3)36(33)50)28(49(35)27(26)17-46)18-56-42(52)45(19-61-41)25-16-29(54-7)30(15-23(25)10-11-47-45)59-43(53)60-44(4,5)6;1-2-3-4-5-6-7-8-9-10(11)12/h11,20,22-23,33-35,42-43,49,55,59H,2,10,12-19,21,25-27H2,1,3-9H3;9,13,15-16,26-28,34-35,41,47,50-51H,1,10-12,14,18-20H2,2-8H3;2-9H2,1H3,(H,11,12)/t33-,34-,35-,42+,43?,49+,53+;26-,27-,28-,34+,35?,41+,45+;/m00./s1. The van der Waals surface area contributed by atoms with Crippen molar-refractivity contribution < 1.29 is 120 Å². The van der Waals surface area contributed by atoms with Crippen LogP contribution in [-0.2, 0) is 74.9 Å². The molecule has 33 nitrogen and oxygen atoms in total. The van der Waals surface area contributed by atoms with E-state index in [4.69, 9.17) is 76.2 Å². The van der Waals surface area contributed by atoms with Gasteiger partial charge in [-0.1, -0.05) is 102 Å². The maximum atomic E-state index is 15.3. The molecule has 0 saturated carbocycles. The molecule has 4 saturated heterocycles. The van der Waals surface area contributed by atoms with Gasteiger partial charge in [0.25, 0.3) is 0 Å². The Bertz CT molecular complexity index is 6020. The monoisotopic (exact) mass is 2010 g/mol. The molecule has 0 radical (unpaired) electrons. The topological polar surface area (TPSA) is 406 Å². The summed E-state index contributed by atoms with van der Waals surface area (Å²) in [5, 5.41) is 74.0. The number of nitriles is 2. The number of hydrogen-bond donors (Lipinski definition) is 6. The molecule has 14 aliphatic rings. The number of aliphatic carboxylic acids is 1. The number of esters is 3. The third-order valence-electron chi connectivity index (χ3n) is 29.6. The molecule has 14 heterocycles. The molecule has 0 amide bonds. The zero-order valence-electron chi connectivity index (χ0n) is 84.6. The number of carbonyl (C=O) groups is 6. The van der Waals surface area contributed by atoms with Crippen molar-refractivity contribution in [2.24, 2.45) is 0 Å². The molecule has 14 aliphatic heterocycles. The maximum Gasteiger partial charge on any atom is 0.514 e. The minimum atomic E-state index is -1.47. The van der Waals surface area contributed by atoms with Crippen molar-refractivity contribution in [3.05, 3.63) is 151 Å². The number of phenols is 3. The zero-order valence-corrected chi connectivity index (χ0v) is 86.3. The molecule has 6 N–H and O–H groups in total. The van der Waals surface area contributed by atoms with Gasteiger partial charge in [-0.3, -0.25) is 39.8 Å². The molecule has 8 bridgehead atoms. The van der Waals surface area contributed by atoms with Crippen LogP contribution in [0.2, 0.25) is 0 Å². The predicted octanol–water partition coefficient (Wildman–Crippen LogP) is 17.6. The van der Waals surface area contributed by atoms with Gasteiger partial charge in [0.1, 0.15) is 48.0 Å². The Labute approximate surface area is 844 Å². The summed E-state index contributed by atoms with van der Waals surface area (Å²) in [5.74, 6) is 1.63. The van der Waals surface area contributed by atoms with E-state index in [0.717, 1.165) is 71.9 Å². The van der Waals surface area contributed by atoms with Gasteiger partial charge in [0.05, 0.1) is 75.2 Å². The van der Waals surface area contributed by atoms with Crippen LogP contribution in [0.4, 0.5) is 9.59 Å². The number of methoxy groups -OCH3 is 4. The second kappa shape index (κ2) is 43.0. The highest BCUT2D eigenvalue weighted by Gasteiger charge is 2.66. The van der Waals surface area contributed by atoms with Crippen LogP contribution in [0.1, 0.15) is 269 Å². The van der Waals surface area contributed by atoms with Crippen LogP contribution in [0, 0.1) is 50.4 Å². The van der Waals surface area contributed by atoms with Crippen molar-refractivity contribution in [2.45, 2.75) is 292 Å². The van der Waals surface area contributed by atoms with E-state index in [-0.39, 0.29) is 103 Å². The molecule has 0 aliphatic carbocycles. The van der Waals surface area contributed by atoms with E-state index in [1.54, 1.807) is 72.7 Å². The number of carboxylic acids is 1. The van der Waals surface area contributed by atoms with Crippen molar-refractivity contribution >= 4 is 59.7 Å². The molecule has 4 fully saturated rings. The van der Waals surface area contributed by atoms with Crippen molar-refractivity contribution in [3.8, 4) is 92.6 Å². The van der Waals surface area contributed by atoms with E-state index >= 15 is 4.79 Å². The molecule has 2 spiro atoms. The van der Waals surface area contributed by atoms with Crippen LogP contribution >= 0.6 is 23.5 Å². The molecule has 768 valence electrons. The first-order valence-electron chi connectivity index (χ1n) is 49.8. The lowest BCUT2D eigenvalue weighted by molar-refractivity contribution is -0.158. The molecule has 6 aromatic rings. The number of piperazine rings is 2. The van der Waals surface area contributed by atoms with Crippen LogP contribution in [-0.4, -0.2) is 217 Å². The van der Waals surface area contributed by atoms with E-state index in [2.05, 4.69) is 69.4 Å². The number of thioether (sulfide) groups is 2. The summed E-state index contributed by atoms with van der Waals surface area (Å²) in [6.45, 7) is 31.5. The Morgan fingerprint density at radius 1 is 0.503 bits per heavy atom. The van der Waals surface area contributed by atoms with Crippen molar-refractivity contribution in [1.29, 1.82) is 10.5 Å². The number of carbonyl (C=O) groups excluding carboxylic acids is 5. The molecular weight excluding hydrogens is 1870 g/mol. The number of aromatic hydroxyl groups is 3. The first kappa shape index (κ1) is 104. The number of benzene rings is 6. The highest BCUT2D eigenvalue weighted by Crippen LogP contribution is 2.68. The van der Waals surface area contributed by atoms with Crippen molar-refractivity contribution in [2.75, 3.05) is 92.9 Å². The fraction of sp³-hybridized carbons (Fsp3) is 0.556. The van der Waals surface area contributed by atoms with E-state index < -0.39 is 111 Å². The number of nitrogens with one attached hydrogen (secondary N) is 2. The molecule has 2 unspecified atom stereocenters. The normalized spacial score (nSPS) is 24.9. The van der Waals surface area contributed by atoms with Gasteiger partial charge in [0, 0.05) is 119 Å². The van der Waals surface area contributed by atoms with E-state index in [9.17, 15) is 49.8 Å². The first-order valence-corrected chi connectivity index (χ1v) is 51.9. The zero-order chi connectivity index (χ0) is 102. The quantitative estimate of drug-likeness (QED) is 0.00774.